The number of rotatable bonds is 5. The lowest BCUT2D eigenvalue weighted by Gasteiger charge is -2.52. The molecule has 0 radical (unpaired) electrons. The molecule has 0 spiro atoms. The fourth-order valence-corrected chi connectivity index (χ4v) is 3.91. The number of nitrogens with zero attached hydrogens (tertiary/aromatic N) is 3. The molecule has 9 nitrogen and oxygen atoms in total. The van der Waals surface area contributed by atoms with Gasteiger partial charge in [-0.3, -0.25) is 9.59 Å². The van der Waals surface area contributed by atoms with Crippen molar-refractivity contribution in [3.63, 3.8) is 0 Å². The third kappa shape index (κ3) is 3.42. The van der Waals surface area contributed by atoms with Crippen LogP contribution in [0.25, 0.3) is 5.52 Å². The Morgan fingerprint density at radius 2 is 2.00 bits per heavy atom. The molecule has 30 heavy (non-hydrogen) atoms. The van der Waals surface area contributed by atoms with Crippen LogP contribution in [0.2, 0.25) is 0 Å². The van der Waals surface area contributed by atoms with Crippen LogP contribution in [0.1, 0.15) is 41.1 Å². The summed E-state index contributed by atoms with van der Waals surface area (Å²) in [6.45, 7) is 4.68. The zero-order valence-electron chi connectivity index (χ0n) is 16.9. The van der Waals surface area contributed by atoms with Crippen molar-refractivity contribution in [2.75, 3.05) is 18.0 Å². The minimum atomic E-state index is -0.294. The van der Waals surface area contributed by atoms with E-state index in [4.69, 9.17) is 11.5 Å². The normalized spacial score (nSPS) is 19.8. The molecule has 3 heterocycles. The summed E-state index contributed by atoms with van der Waals surface area (Å²) in [5.74, 6) is -0.0492. The fraction of sp³-hybridized carbons (Fsp3) is 0.333. The molecule has 2 atom stereocenters. The summed E-state index contributed by atoms with van der Waals surface area (Å²) in [6, 6.07) is 8.54. The van der Waals surface area contributed by atoms with E-state index in [1.54, 1.807) is 35.0 Å². The minimum Gasteiger partial charge on any atom is -0.396 e. The summed E-state index contributed by atoms with van der Waals surface area (Å²) >= 11 is 0. The van der Waals surface area contributed by atoms with Crippen LogP contribution in [0.4, 0.5) is 11.5 Å². The molecular formula is C21H25N7O2. The maximum absolute atomic E-state index is 12.8. The van der Waals surface area contributed by atoms with Gasteiger partial charge in [-0.2, -0.15) is 5.10 Å². The Morgan fingerprint density at radius 3 is 2.73 bits per heavy atom. The van der Waals surface area contributed by atoms with Gasteiger partial charge in [0.2, 0.25) is 0 Å². The molecule has 3 aromatic rings. The van der Waals surface area contributed by atoms with Gasteiger partial charge in [-0.1, -0.05) is 13.8 Å². The number of anilines is 2. The molecule has 0 saturated heterocycles. The van der Waals surface area contributed by atoms with Crippen LogP contribution < -0.4 is 22.1 Å². The number of pyridine rings is 2. The zero-order chi connectivity index (χ0) is 21.5. The third-order valence-electron chi connectivity index (χ3n) is 6.16. The van der Waals surface area contributed by atoms with Gasteiger partial charge < -0.3 is 22.1 Å². The minimum absolute atomic E-state index is 0.0142. The second-order valence-corrected chi connectivity index (χ2v) is 8.24. The molecule has 9 heteroatoms. The molecule has 1 aliphatic carbocycles. The smallest absolute Gasteiger partial charge is 0.269 e. The number of nitrogens with one attached hydrogen (secondary N) is 2. The summed E-state index contributed by atoms with van der Waals surface area (Å²) < 4.78 is 1.68. The highest BCUT2D eigenvalue weighted by atomic mass is 16.2. The molecule has 4 rings (SSSR count). The van der Waals surface area contributed by atoms with Gasteiger partial charge in [-0.15, -0.1) is 0 Å². The van der Waals surface area contributed by atoms with Crippen LogP contribution in [-0.4, -0.2) is 39.0 Å². The second kappa shape index (κ2) is 7.33. The monoisotopic (exact) mass is 407 g/mol. The first-order chi connectivity index (χ1) is 14.3. The number of carbonyl (C=O) groups excluding carboxylic acids is 2. The highest BCUT2D eigenvalue weighted by molar-refractivity contribution is 6.00. The van der Waals surface area contributed by atoms with Gasteiger partial charge in [-0.25, -0.2) is 9.50 Å². The quantitative estimate of drug-likeness (QED) is 0.505. The van der Waals surface area contributed by atoms with Crippen LogP contribution >= 0.6 is 0 Å². The number of carbonyl (C=O) groups is 2. The number of hydrogen-bond donors (Lipinski definition) is 4. The number of hydrogen-bond acceptors (Lipinski definition) is 6. The summed E-state index contributed by atoms with van der Waals surface area (Å²) in [6.07, 6.45) is 4.25. The van der Waals surface area contributed by atoms with E-state index in [0.29, 0.717) is 17.8 Å². The zero-order valence-corrected chi connectivity index (χ0v) is 16.9. The van der Waals surface area contributed by atoms with Crippen LogP contribution in [0.15, 0.2) is 42.7 Å². The van der Waals surface area contributed by atoms with E-state index in [1.165, 1.54) is 0 Å². The molecule has 1 fully saturated rings. The van der Waals surface area contributed by atoms with Crippen molar-refractivity contribution in [1.29, 1.82) is 0 Å². The third-order valence-corrected chi connectivity index (χ3v) is 6.16. The average molecular weight is 407 g/mol. The topological polar surface area (TPSA) is 140 Å². The number of aromatic nitrogens is 3. The lowest BCUT2D eigenvalue weighted by Crippen LogP contribution is -2.60. The Balaban J connectivity index is 1.35. The van der Waals surface area contributed by atoms with Crippen LogP contribution in [0, 0.1) is 11.3 Å². The van der Waals surface area contributed by atoms with Gasteiger partial charge >= 0.3 is 0 Å². The molecule has 1 saturated carbocycles. The number of nitrogens with two attached hydrogens (primary N) is 2. The average Bonchev–Trinajstić information content (AvgIpc) is 3.20. The predicted molar refractivity (Wildman–Crippen MR) is 114 cm³/mol. The van der Waals surface area contributed by atoms with Gasteiger partial charge in [0.15, 0.2) is 0 Å². The Bertz CT molecular complexity index is 1120. The van der Waals surface area contributed by atoms with Crippen molar-refractivity contribution in [3.05, 3.63) is 54.0 Å². The van der Waals surface area contributed by atoms with E-state index in [2.05, 4.69) is 34.6 Å². The van der Waals surface area contributed by atoms with Gasteiger partial charge in [0.25, 0.3) is 11.8 Å². The van der Waals surface area contributed by atoms with E-state index >= 15 is 0 Å². The Hall–Kier alpha value is -3.62. The molecule has 3 aromatic heterocycles. The molecule has 0 aliphatic heterocycles. The molecular weight excluding hydrogens is 382 g/mol. The Labute approximate surface area is 173 Å². The van der Waals surface area contributed by atoms with E-state index in [9.17, 15) is 9.59 Å². The summed E-state index contributed by atoms with van der Waals surface area (Å²) in [5.41, 5.74) is 13.1. The van der Waals surface area contributed by atoms with Crippen LogP contribution in [0.3, 0.4) is 0 Å². The van der Waals surface area contributed by atoms with Gasteiger partial charge in [0.1, 0.15) is 11.5 Å². The first-order valence-electron chi connectivity index (χ1n) is 9.81. The largest absolute Gasteiger partial charge is 0.396 e. The van der Waals surface area contributed by atoms with Crippen LogP contribution in [-0.2, 0) is 0 Å². The molecule has 6 N–H and O–H groups in total. The number of nitrogen functional groups attached to an aromatic ring is 2. The molecule has 0 aromatic carbocycles. The fourth-order valence-electron chi connectivity index (χ4n) is 3.91. The molecule has 1 aliphatic rings. The molecule has 156 valence electrons. The lowest BCUT2D eigenvalue weighted by molar-refractivity contribution is 0.0150. The lowest BCUT2D eigenvalue weighted by atomic mass is 9.58. The maximum Gasteiger partial charge on any atom is 0.269 e. The van der Waals surface area contributed by atoms with Crippen LogP contribution in [0.5, 0.6) is 0 Å². The van der Waals surface area contributed by atoms with Crippen molar-refractivity contribution >= 4 is 28.8 Å². The first-order valence-corrected chi connectivity index (χ1v) is 9.81. The van der Waals surface area contributed by atoms with Crippen molar-refractivity contribution in [2.45, 2.75) is 26.3 Å². The standard InChI is InChI=1S/C21H25N7O2/c1-21(2)12(11-24-20(30)15-6-5-14(22)18(23)26-15)10-17(21)27-19(29)13-4-3-9-28-16(13)7-8-25-28/h3-9,12,17H,10-11,22H2,1-2H3,(H2,23,26)(H,24,30)(H,27,29). The summed E-state index contributed by atoms with van der Waals surface area (Å²) in [7, 11) is 0. The van der Waals surface area contributed by atoms with Gasteiger partial charge in [-0.05, 0) is 48.1 Å². The predicted octanol–water partition coefficient (Wildman–Crippen LogP) is 1.47. The first kappa shape index (κ1) is 19.7. The summed E-state index contributed by atoms with van der Waals surface area (Å²) in [4.78, 5) is 29.2. The van der Waals surface area contributed by atoms with Crippen molar-refractivity contribution in [1.82, 2.24) is 25.2 Å². The number of amides is 2. The van der Waals surface area contributed by atoms with E-state index in [0.717, 1.165) is 11.9 Å². The Kier molecular flexibility index (Phi) is 4.81. The molecule has 2 unspecified atom stereocenters. The van der Waals surface area contributed by atoms with E-state index < -0.39 is 0 Å². The van der Waals surface area contributed by atoms with Crippen molar-refractivity contribution in [2.24, 2.45) is 11.3 Å². The van der Waals surface area contributed by atoms with Crippen molar-refractivity contribution in [3.8, 4) is 0 Å². The maximum atomic E-state index is 12.8. The highest BCUT2D eigenvalue weighted by Gasteiger charge is 2.48. The SMILES string of the molecule is CC1(C)C(CNC(=O)c2ccc(N)c(N)n2)CC1NC(=O)c1cccn2nccc12. The van der Waals surface area contributed by atoms with Gasteiger partial charge in [0, 0.05) is 18.8 Å². The van der Waals surface area contributed by atoms with Gasteiger partial charge in [0.05, 0.1) is 23.0 Å². The number of fused-ring (bicyclic) bond motifs is 1. The van der Waals surface area contributed by atoms with E-state index in [1.807, 2.05) is 12.3 Å². The summed E-state index contributed by atoms with van der Waals surface area (Å²) in [5, 5.41) is 10.2. The van der Waals surface area contributed by atoms with Crippen molar-refractivity contribution < 1.29 is 9.59 Å². The Morgan fingerprint density at radius 1 is 1.20 bits per heavy atom. The molecule has 2 amide bonds. The molecule has 0 bridgehead atoms. The highest BCUT2D eigenvalue weighted by Crippen LogP contribution is 2.46. The second-order valence-electron chi connectivity index (χ2n) is 8.24. The van der Waals surface area contributed by atoms with E-state index in [-0.39, 0.29) is 40.7 Å².